The minimum absolute atomic E-state index is 0.155. The lowest BCUT2D eigenvalue weighted by Crippen LogP contribution is -2.32. The first kappa shape index (κ1) is 22.4. The van der Waals surface area contributed by atoms with Crippen molar-refractivity contribution < 1.29 is 14.2 Å². The number of hydrogen-bond donors (Lipinski definition) is 1. The third kappa shape index (κ3) is 4.02. The largest absolute Gasteiger partial charge is 0.493 e. The molecule has 0 saturated heterocycles. The Morgan fingerprint density at radius 2 is 2.00 bits per heavy atom. The molecule has 1 aliphatic rings. The Labute approximate surface area is 200 Å². The van der Waals surface area contributed by atoms with Crippen LogP contribution in [0, 0.1) is 19.7 Å². The average Bonchev–Trinajstić information content (AvgIpc) is 3.25. The van der Waals surface area contributed by atoms with Gasteiger partial charge in [0, 0.05) is 30.1 Å². The van der Waals surface area contributed by atoms with Crippen LogP contribution in [0.25, 0.3) is 5.69 Å². The van der Waals surface area contributed by atoms with E-state index in [1.165, 1.54) is 29.0 Å². The zero-order chi connectivity index (χ0) is 24.0. The molecule has 174 valence electrons. The fourth-order valence-corrected chi connectivity index (χ4v) is 4.75. The summed E-state index contributed by atoms with van der Waals surface area (Å²) in [4.78, 5) is 17.8. The van der Waals surface area contributed by atoms with Crippen LogP contribution in [-0.4, -0.2) is 25.8 Å². The number of aryl methyl sites for hydroxylation is 2. The van der Waals surface area contributed by atoms with Crippen LogP contribution in [0.15, 0.2) is 66.0 Å². The van der Waals surface area contributed by atoms with Crippen LogP contribution in [0.2, 0.25) is 5.02 Å². The van der Waals surface area contributed by atoms with Gasteiger partial charge in [0.1, 0.15) is 17.7 Å². The van der Waals surface area contributed by atoms with E-state index in [1.807, 2.05) is 36.7 Å². The van der Waals surface area contributed by atoms with E-state index in [9.17, 15) is 14.3 Å². The monoisotopic (exact) mass is 479 g/mol. The number of nitrogens with zero attached hydrogens (tertiary/aromatic N) is 3. The van der Waals surface area contributed by atoms with Gasteiger partial charge < -0.3 is 19.0 Å². The molecule has 0 bridgehead atoms. The number of aliphatic hydroxyl groups is 1. The summed E-state index contributed by atoms with van der Waals surface area (Å²) < 4.78 is 23.0. The van der Waals surface area contributed by atoms with Crippen molar-refractivity contribution in [2.24, 2.45) is 0 Å². The van der Waals surface area contributed by atoms with E-state index < -0.39 is 18.0 Å². The van der Waals surface area contributed by atoms with E-state index in [2.05, 4.69) is 4.98 Å². The van der Waals surface area contributed by atoms with Gasteiger partial charge in [0.15, 0.2) is 0 Å². The third-order valence-electron chi connectivity index (χ3n) is 6.17. The molecule has 1 N–H and O–H groups in total. The number of pyridine rings is 1. The molecule has 2 aromatic carbocycles. The molecule has 2 aromatic heterocycles. The predicted octanol–water partition coefficient (Wildman–Crippen LogP) is 4.90. The van der Waals surface area contributed by atoms with E-state index in [-0.39, 0.29) is 11.1 Å². The smallest absolute Gasteiger partial charge is 0.257 e. The first-order valence-electron chi connectivity index (χ1n) is 10.9. The fourth-order valence-electron chi connectivity index (χ4n) is 4.52. The van der Waals surface area contributed by atoms with Crippen LogP contribution in [0.3, 0.4) is 0 Å². The van der Waals surface area contributed by atoms with Crippen molar-refractivity contribution in [2.45, 2.75) is 32.4 Å². The highest BCUT2D eigenvalue weighted by molar-refractivity contribution is 6.30. The zero-order valence-electron chi connectivity index (χ0n) is 18.7. The second-order valence-electron chi connectivity index (χ2n) is 8.53. The third-order valence-corrected chi connectivity index (χ3v) is 6.38. The van der Waals surface area contributed by atoms with E-state index in [0.717, 1.165) is 16.9 Å². The number of halogens is 2. The average molecular weight is 480 g/mol. The number of hydrogen-bond acceptors (Lipinski definition) is 4. The zero-order valence-corrected chi connectivity index (χ0v) is 19.5. The van der Waals surface area contributed by atoms with Crippen LogP contribution in [-0.2, 0) is 0 Å². The minimum atomic E-state index is -1.18. The van der Waals surface area contributed by atoms with Crippen molar-refractivity contribution in [3.63, 3.8) is 0 Å². The first-order chi connectivity index (χ1) is 16.3. The Morgan fingerprint density at radius 3 is 2.74 bits per heavy atom. The van der Waals surface area contributed by atoms with Gasteiger partial charge >= 0.3 is 0 Å². The molecule has 6 nitrogen and oxygen atoms in total. The van der Waals surface area contributed by atoms with Gasteiger partial charge in [-0.25, -0.2) is 9.37 Å². The summed E-state index contributed by atoms with van der Waals surface area (Å²) in [5.41, 5.74) is 3.67. The van der Waals surface area contributed by atoms with E-state index in [4.69, 9.17) is 16.3 Å². The molecule has 2 unspecified atom stereocenters. The van der Waals surface area contributed by atoms with Gasteiger partial charge in [-0.3, -0.25) is 4.79 Å². The molecule has 3 heterocycles. The maximum atomic E-state index is 14.0. The Hall–Kier alpha value is -3.42. The highest BCUT2D eigenvalue weighted by atomic mass is 35.5. The van der Waals surface area contributed by atoms with Crippen molar-refractivity contribution in [1.29, 1.82) is 0 Å². The number of imidazole rings is 1. The lowest BCUT2D eigenvalue weighted by molar-refractivity contribution is 0.216. The normalized spacial score (nSPS) is 16.1. The Morgan fingerprint density at radius 1 is 1.18 bits per heavy atom. The molecule has 0 fully saturated rings. The second-order valence-corrected chi connectivity index (χ2v) is 8.97. The molecule has 1 aliphatic heterocycles. The molecule has 8 heteroatoms. The minimum Gasteiger partial charge on any atom is -0.493 e. The van der Waals surface area contributed by atoms with Crippen LogP contribution < -0.4 is 10.3 Å². The van der Waals surface area contributed by atoms with Crippen molar-refractivity contribution in [3.8, 4) is 11.4 Å². The Kier molecular flexibility index (Phi) is 5.75. The molecule has 0 aliphatic carbocycles. The Bertz CT molecular complexity index is 1450. The lowest BCUT2D eigenvalue weighted by atomic mass is 9.97. The van der Waals surface area contributed by atoms with Gasteiger partial charge in [0.05, 0.1) is 35.3 Å². The summed E-state index contributed by atoms with van der Waals surface area (Å²) in [5.74, 6) is 0.126. The van der Waals surface area contributed by atoms with E-state index in [0.29, 0.717) is 34.9 Å². The summed E-state index contributed by atoms with van der Waals surface area (Å²) in [6, 6.07) is 10.8. The van der Waals surface area contributed by atoms with Crippen molar-refractivity contribution >= 4 is 11.6 Å². The van der Waals surface area contributed by atoms with Crippen LogP contribution in [0.4, 0.5) is 4.39 Å². The number of aliphatic hydroxyl groups excluding tert-OH is 1. The molecular formula is C26H23ClFN3O3. The molecule has 0 spiro atoms. The number of fused-ring (bicyclic) bond motifs is 1. The maximum Gasteiger partial charge on any atom is 0.257 e. The highest BCUT2D eigenvalue weighted by Gasteiger charge is 2.27. The first-order valence-corrected chi connectivity index (χ1v) is 11.3. The van der Waals surface area contributed by atoms with Crippen molar-refractivity contribution in [2.75, 3.05) is 6.61 Å². The predicted molar refractivity (Wildman–Crippen MR) is 127 cm³/mol. The van der Waals surface area contributed by atoms with Gasteiger partial charge in [-0.05, 0) is 55.3 Å². The SMILES string of the molecule is Cc1cn(-c2ccc(C(O)c3cc(Cl)cn(C4CCOc5ccc(F)cc54)c3=O)cc2C)cn1. The molecule has 4 aromatic rings. The topological polar surface area (TPSA) is 69.3 Å². The summed E-state index contributed by atoms with van der Waals surface area (Å²) in [7, 11) is 0. The summed E-state index contributed by atoms with van der Waals surface area (Å²) in [6.45, 7) is 4.23. The van der Waals surface area contributed by atoms with E-state index in [1.54, 1.807) is 18.5 Å². The number of benzene rings is 2. The van der Waals surface area contributed by atoms with Crippen LogP contribution in [0.1, 0.15) is 46.5 Å². The lowest BCUT2D eigenvalue weighted by Gasteiger charge is -2.28. The number of rotatable bonds is 4. The Balaban J connectivity index is 1.55. The van der Waals surface area contributed by atoms with Gasteiger partial charge in [-0.2, -0.15) is 0 Å². The summed E-state index contributed by atoms with van der Waals surface area (Å²) in [6.07, 6.45) is 4.48. The molecular weight excluding hydrogens is 457 g/mol. The quantitative estimate of drug-likeness (QED) is 0.452. The molecule has 5 rings (SSSR count). The summed E-state index contributed by atoms with van der Waals surface area (Å²) >= 11 is 6.38. The van der Waals surface area contributed by atoms with Gasteiger partial charge in [0.2, 0.25) is 0 Å². The molecule has 0 radical (unpaired) electrons. The van der Waals surface area contributed by atoms with Gasteiger partial charge in [-0.1, -0.05) is 23.7 Å². The molecule has 34 heavy (non-hydrogen) atoms. The number of ether oxygens (including phenoxy) is 1. The standard InChI is InChI=1S/C26H23ClFN3O3/c1-15-9-17(3-5-22(15)30-12-16(2)29-14-30)25(32)21-10-18(27)13-31(26(21)33)23-7-8-34-24-6-4-19(28)11-20(23)24/h3-6,9-14,23,25,32H,7-8H2,1-2H3. The van der Waals surface area contributed by atoms with Crippen molar-refractivity contribution in [3.05, 3.63) is 110 Å². The van der Waals surface area contributed by atoms with E-state index >= 15 is 0 Å². The molecule has 0 amide bonds. The van der Waals surface area contributed by atoms with Crippen LogP contribution >= 0.6 is 11.6 Å². The number of aromatic nitrogens is 3. The fraction of sp³-hybridized carbons (Fsp3) is 0.231. The van der Waals surface area contributed by atoms with Crippen LogP contribution in [0.5, 0.6) is 5.75 Å². The molecule has 0 saturated carbocycles. The molecule has 2 atom stereocenters. The van der Waals surface area contributed by atoms with Gasteiger partial charge in [-0.15, -0.1) is 0 Å². The van der Waals surface area contributed by atoms with Crippen molar-refractivity contribution in [1.82, 2.24) is 14.1 Å². The summed E-state index contributed by atoms with van der Waals surface area (Å²) in [5, 5.41) is 11.5. The highest BCUT2D eigenvalue weighted by Crippen LogP contribution is 2.35. The van der Waals surface area contributed by atoms with Gasteiger partial charge in [0.25, 0.3) is 5.56 Å². The second kappa shape index (κ2) is 8.74. The maximum absolute atomic E-state index is 14.0.